The van der Waals surface area contributed by atoms with Crippen molar-refractivity contribution >= 4 is 15.7 Å². The Balaban J connectivity index is 2.38. The molecule has 0 radical (unpaired) electrons. The molecular weight excluding hydrogens is 276 g/mol. The molecule has 3 N–H and O–H groups in total. The van der Waals surface area contributed by atoms with Crippen LogP contribution in [0, 0.1) is 13.8 Å². The maximum Gasteiger partial charge on any atom is 0.243 e. The Morgan fingerprint density at radius 3 is 2.45 bits per heavy atom. The number of nitrogens with one attached hydrogen (secondary N) is 1. The summed E-state index contributed by atoms with van der Waals surface area (Å²) in [5.74, 6) is 0. The monoisotopic (exact) mass is 298 g/mol. The molecule has 0 aliphatic carbocycles. The van der Waals surface area contributed by atoms with Crippen molar-refractivity contribution < 1.29 is 13.2 Å². The Hall–Kier alpha value is -1.11. The maximum absolute atomic E-state index is 12.7. The molecule has 0 aromatic heterocycles. The zero-order chi connectivity index (χ0) is 15.0. The van der Waals surface area contributed by atoms with Gasteiger partial charge in [0.15, 0.2) is 0 Å². The smallest absolute Gasteiger partial charge is 0.243 e. The molecule has 6 heteroatoms. The van der Waals surface area contributed by atoms with Crippen LogP contribution >= 0.6 is 0 Å². The van der Waals surface area contributed by atoms with Crippen molar-refractivity contribution in [2.75, 3.05) is 18.9 Å². The Bertz CT molecular complexity index is 605. The summed E-state index contributed by atoms with van der Waals surface area (Å²) >= 11 is 0. The normalized spacial score (nSPS) is 18.9. The molecule has 20 heavy (non-hydrogen) atoms. The van der Waals surface area contributed by atoms with Crippen molar-refractivity contribution in [3.63, 3.8) is 0 Å². The molecule has 1 aromatic carbocycles. The van der Waals surface area contributed by atoms with E-state index in [1.807, 2.05) is 19.9 Å². The van der Waals surface area contributed by atoms with E-state index in [1.165, 1.54) is 0 Å². The van der Waals surface area contributed by atoms with Crippen LogP contribution < -0.4 is 10.5 Å². The number of aryl methyl sites for hydroxylation is 1. The Morgan fingerprint density at radius 1 is 1.25 bits per heavy atom. The number of sulfonamides is 1. The van der Waals surface area contributed by atoms with Crippen molar-refractivity contribution in [3.05, 3.63) is 23.3 Å². The molecule has 112 valence electrons. The quantitative estimate of drug-likeness (QED) is 0.833. The molecule has 0 saturated carbocycles. The van der Waals surface area contributed by atoms with Crippen LogP contribution in [0.1, 0.15) is 30.9 Å². The van der Waals surface area contributed by atoms with Crippen molar-refractivity contribution in [2.45, 2.75) is 44.0 Å². The van der Waals surface area contributed by atoms with Gasteiger partial charge in [0.25, 0.3) is 0 Å². The van der Waals surface area contributed by atoms with E-state index in [0.29, 0.717) is 31.6 Å². The standard InChI is InChI=1S/C14H22N2O3S/c1-10-4-5-12(15)13(11(10)2)20(17,18)16-14(3)6-8-19-9-7-14/h4-5,16H,6-9,15H2,1-3H3. The second-order valence-corrected chi connectivity index (χ2v) is 7.32. The first-order valence-corrected chi connectivity index (χ1v) is 8.21. The predicted molar refractivity (Wildman–Crippen MR) is 79.1 cm³/mol. The number of rotatable bonds is 3. The van der Waals surface area contributed by atoms with Gasteiger partial charge in [-0.05, 0) is 50.8 Å². The van der Waals surface area contributed by atoms with Gasteiger partial charge in [-0.2, -0.15) is 0 Å². The van der Waals surface area contributed by atoms with E-state index in [-0.39, 0.29) is 10.6 Å². The molecule has 0 bridgehead atoms. The summed E-state index contributed by atoms with van der Waals surface area (Å²) < 4.78 is 33.4. The van der Waals surface area contributed by atoms with Crippen LogP contribution in [-0.4, -0.2) is 27.2 Å². The summed E-state index contributed by atoms with van der Waals surface area (Å²) in [7, 11) is -3.63. The molecule has 0 amide bonds. The first-order chi connectivity index (χ1) is 9.25. The highest BCUT2D eigenvalue weighted by Gasteiger charge is 2.34. The van der Waals surface area contributed by atoms with Crippen molar-refractivity contribution in [1.82, 2.24) is 4.72 Å². The van der Waals surface area contributed by atoms with Gasteiger partial charge in [0.05, 0.1) is 5.69 Å². The minimum atomic E-state index is -3.63. The van der Waals surface area contributed by atoms with Crippen LogP contribution in [0.25, 0.3) is 0 Å². The van der Waals surface area contributed by atoms with E-state index in [0.717, 1.165) is 5.56 Å². The third-order valence-corrected chi connectivity index (χ3v) is 5.79. The largest absolute Gasteiger partial charge is 0.398 e. The summed E-state index contributed by atoms with van der Waals surface area (Å²) in [5, 5.41) is 0. The van der Waals surface area contributed by atoms with E-state index >= 15 is 0 Å². The lowest BCUT2D eigenvalue weighted by atomic mass is 9.94. The van der Waals surface area contributed by atoms with Crippen LogP contribution in [0.5, 0.6) is 0 Å². The number of hydrogen-bond donors (Lipinski definition) is 2. The van der Waals surface area contributed by atoms with Gasteiger partial charge in [0, 0.05) is 18.8 Å². The maximum atomic E-state index is 12.7. The molecule has 1 aliphatic rings. The molecular formula is C14H22N2O3S. The zero-order valence-electron chi connectivity index (χ0n) is 12.2. The fourth-order valence-corrected chi connectivity index (χ4v) is 4.36. The van der Waals surface area contributed by atoms with E-state index in [1.54, 1.807) is 13.0 Å². The van der Waals surface area contributed by atoms with Crippen LogP contribution in [0.4, 0.5) is 5.69 Å². The second-order valence-electron chi connectivity index (χ2n) is 5.70. The molecule has 0 unspecified atom stereocenters. The number of nitrogen functional groups attached to an aromatic ring is 1. The summed E-state index contributed by atoms with van der Waals surface area (Å²) in [6.45, 7) is 6.72. The molecule has 0 spiro atoms. The van der Waals surface area contributed by atoms with Gasteiger partial charge in [-0.15, -0.1) is 0 Å². The van der Waals surface area contributed by atoms with Crippen molar-refractivity contribution in [2.24, 2.45) is 0 Å². The lowest BCUT2D eigenvalue weighted by molar-refractivity contribution is 0.0537. The van der Waals surface area contributed by atoms with Crippen LogP contribution in [0.2, 0.25) is 0 Å². The predicted octanol–water partition coefficient (Wildman–Crippen LogP) is 1.73. The van der Waals surface area contributed by atoms with Gasteiger partial charge in [0.2, 0.25) is 10.0 Å². The summed E-state index contributed by atoms with van der Waals surface area (Å²) in [5.41, 5.74) is 7.31. The third kappa shape index (κ3) is 2.97. The van der Waals surface area contributed by atoms with Crippen LogP contribution in [0.15, 0.2) is 17.0 Å². The second kappa shape index (κ2) is 5.35. The molecule has 1 fully saturated rings. The first-order valence-electron chi connectivity index (χ1n) is 6.73. The van der Waals surface area contributed by atoms with Crippen LogP contribution in [0.3, 0.4) is 0 Å². The molecule has 1 heterocycles. The van der Waals surface area contributed by atoms with E-state index < -0.39 is 15.6 Å². The Kier molecular flexibility index (Phi) is 4.09. The molecule has 1 saturated heterocycles. The summed E-state index contributed by atoms with van der Waals surface area (Å²) in [6, 6.07) is 3.48. The summed E-state index contributed by atoms with van der Waals surface area (Å²) in [4.78, 5) is 0.199. The third-order valence-electron chi connectivity index (χ3n) is 3.95. The SMILES string of the molecule is Cc1ccc(N)c(S(=O)(=O)NC2(C)CCOCC2)c1C. The van der Waals surface area contributed by atoms with Gasteiger partial charge < -0.3 is 10.5 Å². The zero-order valence-corrected chi connectivity index (χ0v) is 13.0. The highest BCUT2D eigenvalue weighted by atomic mass is 32.2. The number of benzene rings is 1. The average molecular weight is 298 g/mol. The van der Waals surface area contributed by atoms with Gasteiger partial charge in [-0.3, -0.25) is 0 Å². The van der Waals surface area contributed by atoms with Crippen molar-refractivity contribution in [3.8, 4) is 0 Å². The Morgan fingerprint density at radius 2 is 1.85 bits per heavy atom. The molecule has 2 rings (SSSR count). The lowest BCUT2D eigenvalue weighted by Gasteiger charge is -2.34. The molecule has 1 aliphatic heterocycles. The molecule has 5 nitrogen and oxygen atoms in total. The number of nitrogens with two attached hydrogens (primary N) is 1. The van der Waals surface area contributed by atoms with Gasteiger partial charge in [-0.25, -0.2) is 13.1 Å². The minimum absolute atomic E-state index is 0.199. The van der Waals surface area contributed by atoms with Gasteiger partial charge in [0.1, 0.15) is 4.90 Å². The number of hydrogen-bond acceptors (Lipinski definition) is 4. The highest BCUT2D eigenvalue weighted by molar-refractivity contribution is 7.89. The fraction of sp³-hybridized carbons (Fsp3) is 0.571. The minimum Gasteiger partial charge on any atom is -0.398 e. The van der Waals surface area contributed by atoms with E-state index in [2.05, 4.69) is 4.72 Å². The Labute approximate surface area is 120 Å². The summed E-state index contributed by atoms with van der Waals surface area (Å²) in [6.07, 6.45) is 1.33. The van der Waals surface area contributed by atoms with Crippen molar-refractivity contribution in [1.29, 1.82) is 0 Å². The average Bonchev–Trinajstić information content (AvgIpc) is 2.33. The van der Waals surface area contributed by atoms with E-state index in [4.69, 9.17) is 10.5 Å². The molecule has 1 aromatic rings. The van der Waals surface area contributed by atoms with E-state index in [9.17, 15) is 8.42 Å². The topological polar surface area (TPSA) is 81.4 Å². The lowest BCUT2D eigenvalue weighted by Crippen LogP contribution is -2.49. The number of ether oxygens (including phenoxy) is 1. The number of anilines is 1. The van der Waals surface area contributed by atoms with Gasteiger partial charge in [-0.1, -0.05) is 6.07 Å². The van der Waals surface area contributed by atoms with Crippen LogP contribution in [-0.2, 0) is 14.8 Å². The highest BCUT2D eigenvalue weighted by Crippen LogP contribution is 2.28. The van der Waals surface area contributed by atoms with Gasteiger partial charge >= 0.3 is 0 Å². The molecule has 0 atom stereocenters. The first kappa shape index (κ1) is 15.3. The fourth-order valence-electron chi connectivity index (χ4n) is 2.47.